The van der Waals surface area contributed by atoms with Crippen LogP contribution in [0.3, 0.4) is 0 Å². The molecule has 2 heterocycles. The highest BCUT2D eigenvalue weighted by molar-refractivity contribution is 6.99. The van der Waals surface area contributed by atoms with E-state index in [0.29, 0.717) is 6.61 Å². The zero-order valence-electron chi connectivity index (χ0n) is 17.4. The molecule has 2 unspecified atom stereocenters. The van der Waals surface area contributed by atoms with Crippen molar-refractivity contribution in [3.63, 3.8) is 0 Å². The number of ether oxygens (including phenoxy) is 2. The fourth-order valence-corrected chi connectivity index (χ4v) is 9.30. The predicted octanol–water partition coefficient (Wildman–Crippen LogP) is 2.73. The van der Waals surface area contributed by atoms with Crippen molar-refractivity contribution in [3.8, 4) is 0 Å². The number of nitrogens with zero attached hydrogens (tertiary/aromatic N) is 3. The van der Waals surface area contributed by atoms with E-state index < -0.39 is 39.0 Å². The summed E-state index contributed by atoms with van der Waals surface area (Å²) in [5.41, 5.74) is 8.97. The van der Waals surface area contributed by atoms with Gasteiger partial charge in [0.05, 0.1) is 12.7 Å². The second kappa shape index (κ2) is 8.15. The number of fused-ring (bicyclic) bond motifs is 2. The van der Waals surface area contributed by atoms with Crippen molar-refractivity contribution in [2.45, 2.75) is 56.5 Å². The van der Waals surface area contributed by atoms with E-state index in [1.807, 2.05) is 36.4 Å². The number of hydrogen-bond acceptors (Lipinski definition) is 5. The van der Waals surface area contributed by atoms with Crippen molar-refractivity contribution < 1.29 is 19.0 Å². The van der Waals surface area contributed by atoms with Crippen LogP contribution in [0.4, 0.5) is 0 Å². The molecule has 2 aromatic carbocycles. The van der Waals surface area contributed by atoms with Crippen molar-refractivity contribution in [2.24, 2.45) is 5.11 Å². The van der Waals surface area contributed by atoms with Crippen LogP contribution in [0.15, 0.2) is 65.8 Å². The van der Waals surface area contributed by atoms with Gasteiger partial charge in [-0.2, -0.15) is 0 Å². The van der Waals surface area contributed by atoms with Crippen molar-refractivity contribution >= 4 is 18.7 Å². The molecule has 2 aliphatic rings. The van der Waals surface area contributed by atoms with Crippen LogP contribution in [0.2, 0.25) is 5.04 Å². The maximum Gasteiger partial charge on any atom is 0.261 e. The summed E-state index contributed by atoms with van der Waals surface area (Å²) in [5.74, 6) is 0. The zero-order chi connectivity index (χ0) is 21.4. The maximum atomic E-state index is 11.1. The Balaban J connectivity index is 1.86. The smallest absolute Gasteiger partial charge is 0.261 e. The topological polar surface area (TPSA) is 96.7 Å². The van der Waals surface area contributed by atoms with E-state index >= 15 is 0 Å². The van der Waals surface area contributed by atoms with Gasteiger partial charge < -0.3 is 19.0 Å². The molecular formula is C22H27N3O4Si. The van der Waals surface area contributed by atoms with E-state index in [0.717, 1.165) is 10.4 Å². The maximum absolute atomic E-state index is 11.1. The molecular weight excluding hydrogens is 398 g/mol. The highest BCUT2D eigenvalue weighted by atomic mass is 28.4. The predicted molar refractivity (Wildman–Crippen MR) is 116 cm³/mol. The molecule has 2 aliphatic heterocycles. The van der Waals surface area contributed by atoms with Gasteiger partial charge in [0.2, 0.25) is 0 Å². The van der Waals surface area contributed by atoms with Gasteiger partial charge in [0.15, 0.2) is 6.29 Å². The number of aliphatic hydroxyl groups is 1. The standard InChI is InChI=1S/C22H27N3O4Si/c1-22(2,3)30(15-10-6-4-7-11-15,16-12-8-5-9-13-16)29-20-17-14-27-21(28-17)18(19(20)26)24-25-23/h4-13,17-21,26H,14H2,1-3H3/t17?,18?,19-,20-,21-/m0/s1. The Labute approximate surface area is 177 Å². The quantitative estimate of drug-likeness (QED) is 0.345. The molecule has 0 radical (unpaired) electrons. The molecule has 30 heavy (non-hydrogen) atoms. The van der Waals surface area contributed by atoms with Crippen molar-refractivity contribution in [1.82, 2.24) is 0 Å². The number of benzene rings is 2. The molecule has 4 rings (SSSR count). The third-order valence-electron chi connectivity index (χ3n) is 5.98. The second-order valence-electron chi connectivity index (χ2n) is 8.81. The van der Waals surface area contributed by atoms with E-state index in [1.54, 1.807) is 0 Å². The molecule has 2 saturated heterocycles. The van der Waals surface area contributed by atoms with Gasteiger partial charge in [0.1, 0.15) is 18.2 Å². The average molecular weight is 426 g/mol. The highest BCUT2D eigenvalue weighted by Gasteiger charge is 2.57. The fourth-order valence-electron chi connectivity index (χ4n) is 4.59. The number of azide groups is 1. The summed E-state index contributed by atoms with van der Waals surface area (Å²) in [6, 6.07) is 19.6. The number of aliphatic hydroxyl groups excluding tert-OH is 1. The summed E-state index contributed by atoms with van der Waals surface area (Å²) >= 11 is 0. The van der Waals surface area contributed by atoms with Crippen LogP contribution in [0.25, 0.3) is 10.4 Å². The summed E-state index contributed by atoms with van der Waals surface area (Å²) in [6.07, 6.45) is -2.85. The molecule has 158 valence electrons. The summed E-state index contributed by atoms with van der Waals surface area (Å²) in [7, 11) is -2.90. The zero-order valence-corrected chi connectivity index (χ0v) is 18.4. The van der Waals surface area contributed by atoms with E-state index in [-0.39, 0.29) is 5.04 Å². The lowest BCUT2D eigenvalue weighted by Gasteiger charge is -2.48. The Morgan fingerprint density at radius 3 is 2.13 bits per heavy atom. The number of hydrogen-bond donors (Lipinski definition) is 1. The van der Waals surface area contributed by atoms with E-state index in [2.05, 4.69) is 55.1 Å². The molecule has 2 bridgehead atoms. The molecule has 0 amide bonds. The van der Waals surface area contributed by atoms with Gasteiger partial charge in [-0.3, -0.25) is 0 Å². The minimum atomic E-state index is -2.90. The van der Waals surface area contributed by atoms with Crippen molar-refractivity contribution in [2.75, 3.05) is 6.61 Å². The minimum absolute atomic E-state index is 0.250. The SMILES string of the molecule is CC(C)(C)[Si](O[C@H]1C2CO[C@@H](O2)C(N=[N+]=[N-])[C@@H]1O)(c1ccccc1)c1ccccc1. The van der Waals surface area contributed by atoms with Crippen molar-refractivity contribution in [3.05, 3.63) is 71.1 Å². The molecule has 8 heteroatoms. The molecule has 5 atom stereocenters. The van der Waals surface area contributed by atoms with E-state index in [9.17, 15) is 5.11 Å². The van der Waals surface area contributed by atoms with E-state index in [1.165, 1.54) is 0 Å². The monoisotopic (exact) mass is 425 g/mol. The van der Waals surface area contributed by atoms with Gasteiger partial charge in [-0.15, -0.1) is 0 Å². The van der Waals surface area contributed by atoms with Crippen molar-refractivity contribution in [1.29, 1.82) is 0 Å². The van der Waals surface area contributed by atoms with Gasteiger partial charge in [-0.1, -0.05) is 86.5 Å². The summed E-state index contributed by atoms with van der Waals surface area (Å²) < 4.78 is 18.6. The first-order valence-electron chi connectivity index (χ1n) is 10.2. The number of rotatable bonds is 5. The van der Waals surface area contributed by atoms with E-state index in [4.69, 9.17) is 19.4 Å². The molecule has 7 nitrogen and oxygen atoms in total. The summed E-state index contributed by atoms with van der Waals surface area (Å²) in [6.45, 7) is 6.82. The summed E-state index contributed by atoms with van der Waals surface area (Å²) in [5, 5.41) is 16.9. The van der Waals surface area contributed by atoms with Crippen LogP contribution in [0.1, 0.15) is 20.8 Å². The van der Waals surface area contributed by atoms with Crippen LogP contribution < -0.4 is 10.4 Å². The first-order chi connectivity index (χ1) is 14.4. The van der Waals surface area contributed by atoms with Crippen LogP contribution in [-0.2, 0) is 13.9 Å². The summed E-state index contributed by atoms with van der Waals surface area (Å²) in [4.78, 5) is 2.88. The molecule has 1 N–H and O–H groups in total. The van der Waals surface area contributed by atoms with Gasteiger partial charge in [-0.05, 0) is 20.9 Å². The molecule has 2 fully saturated rings. The Bertz CT molecular complexity index is 875. The van der Waals surface area contributed by atoms with Gasteiger partial charge in [-0.25, -0.2) is 0 Å². The molecule has 0 saturated carbocycles. The molecule has 0 spiro atoms. The second-order valence-corrected chi connectivity index (χ2v) is 13.1. The Hall–Kier alpha value is -2.19. The average Bonchev–Trinajstić information content (AvgIpc) is 3.18. The normalized spacial score (nSPS) is 28.7. The van der Waals surface area contributed by atoms with Crippen LogP contribution >= 0.6 is 0 Å². The Kier molecular flexibility index (Phi) is 5.72. The molecule has 0 aliphatic carbocycles. The first kappa shape index (κ1) is 21.1. The lowest BCUT2D eigenvalue weighted by atomic mass is 10.00. The fraction of sp³-hybridized carbons (Fsp3) is 0.455. The first-order valence-corrected chi connectivity index (χ1v) is 12.1. The van der Waals surface area contributed by atoms with Crippen LogP contribution in [0, 0.1) is 0 Å². The Morgan fingerprint density at radius 1 is 1.07 bits per heavy atom. The lowest BCUT2D eigenvalue weighted by molar-refractivity contribution is -0.173. The minimum Gasteiger partial charge on any atom is -0.399 e. The molecule has 2 aromatic rings. The third kappa shape index (κ3) is 3.45. The molecule has 0 aromatic heterocycles. The largest absolute Gasteiger partial charge is 0.399 e. The van der Waals surface area contributed by atoms with Gasteiger partial charge >= 0.3 is 0 Å². The lowest BCUT2D eigenvalue weighted by Crippen LogP contribution is -2.70. The van der Waals surface area contributed by atoms with Gasteiger partial charge in [0, 0.05) is 4.91 Å². The van der Waals surface area contributed by atoms with Crippen LogP contribution in [-0.4, -0.2) is 50.7 Å². The third-order valence-corrected chi connectivity index (χ3v) is 11.0. The van der Waals surface area contributed by atoms with Crippen LogP contribution in [0.5, 0.6) is 0 Å². The van der Waals surface area contributed by atoms with Gasteiger partial charge in [0.25, 0.3) is 8.32 Å². The highest BCUT2D eigenvalue weighted by Crippen LogP contribution is 2.41. The Morgan fingerprint density at radius 2 is 1.63 bits per heavy atom.